The molecule has 0 saturated heterocycles. The molecule has 27 heavy (non-hydrogen) atoms. The van der Waals surface area contributed by atoms with E-state index in [-0.39, 0.29) is 0 Å². The molecule has 0 aliphatic carbocycles. The lowest BCUT2D eigenvalue weighted by atomic mass is 10.1. The summed E-state index contributed by atoms with van der Waals surface area (Å²) in [4.78, 5) is 14.5. The van der Waals surface area contributed by atoms with E-state index in [1.807, 2.05) is 0 Å². The standard InChI is InChI=1S/C21H30IN5/c1-7-14(8-2)24-21-18(13(6)23)27-19(16(9-3)26-21)15-10-11-17(12(4)5)25-20(15)22/h10-12,14,23H,7-9H2,1-6H3,(H,24,26). The van der Waals surface area contributed by atoms with Crippen LogP contribution in [0.2, 0.25) is 0 Å². The van der Waals surface area contributed by atoms with Crippen molar-refractivity contribution >= 4 is 34.1 Å². The lowest BCUT2D eigenvalue weighted by molar-refractivity contribution is 0.667. The molecular weight excluding hydrogens is 449 g/mol. The molecule has 0 bridgehead atoms. The Morgan fingerprint density at radius 1 is 1.11 bits per heavy atom. The highest BCUT2D eigenvalue weighted by molar-refractivity contribution is 14.1. The van der Waals surface area contributed by atoms with Gasteiger partial charge >= 0.3 is 0 Å². The van der Waals surface area contributed by atoms with Gasteiger partial charge < -0.3 is 10.7 Å². The van der Waals surface area contributed by atoms with Crippen molar-refractivity contribution in [3.8, 4) is 11.3 Å². The quantitative estimate of drug-likeness (QED) is 0.284. The molecule has 2 N–H and O–H groups in total. The van der Waals surface area contributed by atoms with Crippen LogP contribution in [-0.4, -0.2) is 26.7 Å². The van der Waals surface area contributed by atoms with Gasteiger partial charge in [-0.2, -0.15) is 0 Å². The van der Waals surface area contributed by atoms with E-state index >= 15 is 0 Å². The summed E-state index contributed by atoms with van der Waals surface area (Å²) in [6.07, 6.45) is 2.80. The molecule has 146 valence electrons. The molecule has 2 heterocycles. The first kappa shape index (κ1) is 21.7. The van der Waals surface area contributed by atoms with E-state index in [4.69, 9.17) is 20.4 Å². The van der Waals surface area contributed by atoms with Gasteiger partial charge in [0, 0.05) is 17.3 Å². The van der Waals surface area contributed by atoms with Crippen molar-refractivity contribution in [1.82, 2.24) is 15.0 Å². The summed E-state index contributed by atoms with van der Waals surface area (Å²) in [6, 6.07) is 4.49. The van der Waals surface area contributed by atoms with Crippen LogP contribution < -0.4 is 5.32 Å². The fraction of sp³-hybridized carbons (Fsp3) is 0.524. The Hall–Kier alpha value is -1.57. The largest absolute Gasteiger partial charge is 0.366 e. The van der Waals surface area contributed by atoms with Crippen LogP contribution in [-0.2, 0) is 6.42 Å². The monoisotopic (exact) mass is 479 g/mol. The maximum absolute atomic E-state index is 8.21. The number of aromatic nitrogens is 3. The topological polar surface area (TPSA) is 74.6 Å². The van der Waals surface area contributed by atoms with E-state index in [2.05, 4.69) is 74.7 Å². The summed E-state index contributed by atoms with van der Waals surface area (Å²) in [5.74, 6) is 1.11. The van der Waals surface area contributed by atoms with Crippen LogP contribution >= 0.6 is 22.6 Å². The molecule has 0 amide bonds. The van der Waals surface area contributed by atoms with E-state index in [0.29, 0.717) is 23.4 Å². The van der Waals surface area contributed by atoms with Gasteiger partial charge in [0.05, 0.1) is 17.1 Å². The summed E-state index contributed by atoms with van der Waals surface area (Å²) in [6.45, 7) is 12.5. The molecule has 0 aliphatic rings. The van der Waals surface area contributed by atoms with Crippen molar-refractivity contribution in [3.63, 3.8) is 0 Å². The number of rotatable bonds is 8. The molecule has 2 aromatic heterocycles. The van der Waals surface area contributed by atoms with Crippen LogP contribution in [0.25, 0.3) is 11.3 Å². The number of nitrogens with zero attached hydrogens (tertiary/aromatic N) is 3. The van der Waals surface area contributed by atoms with E-state index in [1.54, 1.807) is 6.92 Å². The molecule has 5 nitrogen and oxygen atoms in total. The molecule has 0 spiro atoms. The van der Waals surface area contributed by atoms with Crippen LogP contribution in [0.3, 0.4) is 0 Å². The van der Waals surface area contributed by atoms with Gasteiger partial charge in [-0.3, -0.25) is 0 Å². The molecular formula is C21H30IN5. The van der Waals surface area contributed by atoms with Crippen molar-refractivity contribution in [2.45, 2.75) is 72.8 Å². The van der Waals surface area contributed by atoms with Crippen LogP contribution in [0.15, 0.2) is 12.1 Å². The zero-order chi connectivity index (χ0) is 20.1. The van der Waals surface area contributed by atoms with E-state index < -0.39 is 0 Å². The lowest BCUT2D eigenvalue weighted by Crippen LogP contribution is -2.21. The maximum atomic E-state index is 8.21. The first-order chi connectivity index (χ1) is 12.8. The number of halogens is 1. The van der Waals surface area contributed by atoms with Gasteiger partial charge in [-0.15, -0.1) is 0 Å². The number of nitrogens with one attached hydrogen (secondary N) is 2. The van der Waals surface area contributed by atoms with Crippen LogP contribution in [0.4, 0.5) is 5.82 Å². The normalized spacial score (nSPS) is 11.3. The fourth-order valence-electron chi connectivity index (χ4n) is 2.93. The minimum Gasteiger partial charge on any atom is -0.366 e. The first-order valence-electron chi connectivity index (χ1n) is 9.71. The molecule has 0 atom stereocenters. The third kappa shape index (κ3) is 5.03. The van der Waals surface area contributed by atoms with Crippen molar-refractivity contribution in [1.29, 1.82) is 5.41 Å². The highest BCUT2D eigenvalue weighted by Crippen LogP contribution is 2.29. The summed E-state index contributed by atoms with van der Waals surface area (Å²) in [5, 5.41) is 11.7. The Morgan fingerprint density at radius 2 is 1.78 bits per heavy atom. The van der Waals surface area contributed by atoms with E-state index in [1.165, 1.54) is 0 Å². The molecule has 2 aromatic rings. The second kappa shape index (κ2) is 9.57. The molecule has 0 saturated carbocycles. The zero-order valence-corrected chi connectivity index (χ0v) is 19.3. The van der Waals surface area contributed by atoms with Crippen molar-refractivity contribution in [2.24, 2.45) is 0 Å². The molecule has 6 heteroatoms. The highest BCUT2D eigenvalue weighted by Gasteiger charge is 2.19. The van der Waals surface area contributed by atoms with E-state index in [9.17, 15) is 0 Å². The minimum atomic E-state index is 0.333. The Bertz CT molecular complexity index is 812. The Balaban J connectivity index is 2.61. The predicted octanol–water partition coefficient (Wildman–Crippen LogP) is 5.82. The number of aryl methyl sites for hydroxylation is 1. The SMILES string of the molecule is CCc1nc(NC(CC)CC)c(C(C)=N)nc1-c1ccc(C(C)C)nc1I. The fourth-order valence-corrected chi connectivity index (χ4v) is 3.64. The van der Waals surface area contributed by atoms with Gasteiger partial charge in [0.1, 0.15) is 9.39 Å². The van der Waals surface area contributed by atoms with Gasteiger partial charge in [-0.25, -0.2) is 15.0 Å². The van der Waals surface area contributed by atoms with Gasteiger partial charge in [-0.1, -0.05) is 34.6 Å². The summed E-state index contributed by atoms with van der Waals surface area (Å²) < 4.78 is 0.928. The third-order valence-corrected chi connectivity index (χ3v) is 5.52. The third-order valence-electron chi connectivity index (χ3n) is 4.70. The first-order valence-corrected chi connectivity index (χ1v) is 10.8. The minimum absolute atomic E-state index is 0.333. The van der Waals surface area contributed by atoms with Gasteiger partial charge in [0.25, 0.3) is 0 Å². The zero-order valence-electron chi connectivity index (χ0n) is 17.2. The number of pyridine rings is 1. The molecule has 2 rings (SSSR count). The van der Waals surface area contributed by atoms with Crippen LogP contribution in [0.5, 0.6) is 0 Å². The second-order valence-electron chi connectivity index (χ2n) is 7.08. The average Bonchev–Trinajstić information content (AvgIpc) is 2.65. The lowest BCUT2D eigenvalue weighted by Gasteiger charge is -2.20. The van der Waals surface area contributed by atoms with Crippen molar-refractivity contribution in [3.05, 3.63) is 32.9 Å². The Kier molecular flexibility index (Phi) is 7.70. The van der Waals surface area contributed by atoms with Gasteiger partial charge in [0.15, 0.2) is 5.82 Å². The average molecular weight is 479 g/mol. The van der Waals surface area contributed by atoms with Crippen molar-refractivity contribution < 1.29 is 0 Å². The smallest absolute Gasteiger partial charge is 0.154 e. The molecule has 0 aromatic carbocycles. The molecule has 0 radical (unpaired) electrons. The summed E-state index contributed by atoms with van der Waals surface area (Å²) in [5.41, 5.74) is 4.87. The number of anilines is 1. The molecule has 0 fully saturated rings. The van der Waals surface area contributed by atoms with E-state index in [0.717, 1.165) is 51.4 Å². The Morgan fingerprint density at radius 3 is 2.26 bits per heavy atom. The van der Waals surface area contributed by atoms with Crippen molar-refractivity contribution in [2.75, 3.05) is 5.32 Å². The highest BCUT2D eigenvalue weighted by atomic mass is 127. The predicted molar refractivity (Wildman–Crippen MR) is 122 cm³/mol. The Labute approximate surface area is 176 Å². The second-order valence-corrected chi connectivity index (χ2v) is 8.10. The molecule has 0 aliphatic heterocycles. The van der Waals surface area contributed by atoms with Crippen LogP contribution in [0, 0.1) is 9.11 Å². The van der Waals surface area contributed by atoms with Gasteiger partial charge in [-0.05, 0) is 66.8 Å². The summed E-state index contributed by atoms with van der Waals surface area (Å²) in [7, 11) is 0. The van der Waals surface area contributed by atoms with Gasteiger partial charge in [0.2, 0.25) is 0 Å². The summed E-state index contributed by atoms with van der Waals surface area (Å²) >= 11 is 2.28. The van der Waals surface area contributed by atoms with Crippen LogP contribution in [0.1, 0.15) is 77.4 Å². The number of hydrogen-bond donors (Lipinski definition) is 2. The number of hydrogen-bond acceptors (Lipinski definition) is 5. The maximum Gasteiger partial charge on any atom is 0.154 e. The molecule has 0 unspecified atom stereocenters.